The third-order valence-corrected chi connectivity index (χ3v) is 1.87. The molecule has 0 spiro atoms. The smallest absolute Gasteiger partial charge is 0.192 e. The van der Waals surface area contributed by atoms with Crippen LogP contribution in [0.2, 0.25) is 0 Å². The molecule has 0 saturated carbocycles. The van der Waals surface area contributed by atoms with E-state index in [4.69, 9.17) is 11.2 Å². The molecule has 0 aromatic carbocycles. The number of nitrogens with one attached hydrogen (secondary N) is 2. The van der Waals surface area contributed by atoms with Crippen molar-refractivity contribution in [2.75, 3.05) is 32.8 Å². The monoisotopic (exact) mass is 225 g/mol. The van der Waals surface area contributed by atoms with Crippen LogP contribution < -0.4 is 10.6 Å². The van der Waals surface area contributed by atoms with Gasteiger partial charge in [0, 0.05) is 26.3 Å². The summed E-state index contributed by atoms with van der Waals surface area (Å²) in [7, 11) is 0. The van der Waals surface area contributed by atoms with Crippen molar-refractivity contribution in [1.82, 2.24) is 10.6 Å². The van der Waals surface area contributed by atoms with Crippen molar-refractivity contribution in [2.24, 2.45) is 4.99 Å². The van der Waals surface area contributed by atoms with E-state index in [2.05, 4.69) is 21.5 Å². The van der Waals surface area contributed by atoms with E-state index in [-0.39, 0.29) is 0 Å². The maximum absolute atomic E-state index is 5.25. The summed E-state index contributed by atoms with van der Waals surface area (Å²) in [6.07, 6.45) is 7.25. The van der Waals surface area contributed by atoms with E-state index >= 15 is 0 Å². The quantitative estimate of drug-likeness (QED) is 0.280. The van der Waals surface area contributed by atoms with Crippen molar-refractivity contribution in [3.05, 3.63) is 0 Å². The molecule has 92 valence electrons. The Morgan fingerprint density at radius 2 is 2.12 bits per heavy atom. The molecule has 0 aromatic heterocycles. The molecule has 16 heavy (non-hydrogen) atoms. The minimum Gasteiger partial charge on any atom is -0.382 e. The van der Waals surface area contributed by atoms with Crippen LogP contribution >= 0.6 is 0 Å². The Morgan fingerprint density at radius 3 is 2.75 bits per heavy atom. The summed E-state index contributed by atoms with van der Waals surface area (Å²) in [4.78, 5) is 4.39. The van der Waals surface area contributed by atoms with Gasteiger partial charge < -0.3 is 15.4 Å². The number of rotatable bonds is 8. The second-order valence-electron chi connectivity index (χ2n) is 3.22. The Balaban J connectivity index is 3.63. The average molecular weight is 225 g/mol. The summed E-state index contributed by atoms with van der Waals surface area (Å²) >= 11 is 0. The van der Waals surface area contributed by atoms with Crippen molar-refractivity contribution < 1.29 is 4.74 Å². The van der Waals surface area contributed by atoms with Crippen LogP contribution in [0.15, 0.2) is 4.99 Å². The third-order valence-electron chi connectivity index (χ3n) is 1.87. The van der Waals surface area contributed by atoms with E-state index in [0.717, 1.165) is 45.1 Å². The van der Waals surface area contributed by atoms with E-state index in [1.807, 2.05) is 13.8 Å². The molecule has 4 nitrogen and oxygen atoms in total. The first-order valence-electron chi connectivity index (χ1n) is 5.88. The van der Waals surface area contributed by atoms with Crippen molar-refractivity contribution in [2.45, 2.75) is 26.7 Å². The summed E-state index contributed by atoms with van der Waals surface area (Å²) in [6.45, 7) is 7.79. The van der Waals surface area contributed by atoms with Gasteiger partial charge in [-0.3, -0.25) is 4.99 Å². The number of ether oxygens (including phenoxy) is 1. The molecule has 0 bridgehead atoms. The Bertz CT molecular complexity index is 221. The highest BCUT2D eigenvalue weighted by molar-refractivity contribution is 5.79. The van der Waals surface area contributed by atoms with E-state index < -0.39 is 0 Å². The molecule has 0 aromatic rings. The van der Waals surface area contributed by atoms with Gasteiger partial charge in [0.2, 0.25) is 0 Å². The number of nitrogens with zero attached hydrogens (tertiary/aromatic N) is 1. The molecule has 0 radical (unpaired) electrons. The zero-order valence-corrected chi connectivity index (χ0v) is 10.4. The Labute approximate surface area is 98.9 Å². The molecule has 0 aliphatic heterocycles. The van der Waals surface area contributed by atoms with E-state index in [0.29, 0.717) is 6.54 Å². The summed E-state index contributed by atoms with van der Waals surface area (Å²) in [5.41, 5.74) is 0. The van der Waals surface area contributed by atoms with E-state index in [1.54, 1.807) is 0 Å². The standard InChI is InChI=1S/C12H23N3O/c1-4-9-14-12(13-5-2)15-10-7-8-11-16-6-3/h1H,5-11H2,2-3H3,(H2,13,14,15). The lowest BCUT2D eigenvalue weighted by Gasteiger charge is -2.08. The highest BCUT2D eigenvalue weighted by Gasteiger charge is 1.94. The normalized spacial score (nSPS) is 10.9. The van der Waals surface area contributed by atoms with Gasteiger partial charge in [0.25, 0.3) is 0 Å². The summed E-state index contributed by atoms with van der Waals surface area (Å²) in [5, 5.41) is 6.18. The lowest BCUT2D eigenvalue weighted by Crippen LogP contribution is -2.37. The zero-order valence-electron chi connectivity index (χ0n) is 10.4. The Hall–Kier alpha value is -1.21. The number of unbranched alkanes of at least 4 members (excludes halogenated alkanes) is 1. The molecule has 0 aliphatic rings. The van der Waals surface area contributed by atoms with Crippen LogP contribution in [0.4, 0.5) is 0 Å². The second kappa shape index (κ2) is 11.9. The Kier molecular flexibility index (Phi) is 11.0. The fourth-order valence-electron chi connectivity index (χ4n) is 1.13. The second-order valence-corrected chi connectivity index (χ2v) is 3.22. The molecule has 0 rings (SSSR count). The molecular weight excluding hydrogens is 202 g/mol. The van der Waals surface area contributed by atoms with Gasteiger partial charge >= 0.3 is 0 Å². The van der Waals surface area contributed by atoms with Crippen LogP contribution in [0.25, 0.3) is 0 Å². The molecule has 0 unspecified atom stereocenters. The number of hydrogen-bond acceptors (Lipinski definition) is 2. The fraction of sp³-hybridized carbons (Fsp3) is 0.750. The predicted molar refractivity (Wildman–Crippen MR) is 68.5 cm³/mol. The van der Waals surface area contributed by atoms with Gasteiger partial charge in [-0.15, -0.1) is 6.42 Å². The molecule has 0 fully saturated rings. The van der Waals surface area contributed by atoms with Crippen LogP contribution in [0, 0.1) is 12.3 Å². The first-order chi connectivity index (χ1) is 7.85. The SMILES string of the molecule is C#CCNC(=NCCCCOCC)NCC. The van der Waals surface area contributed by atoms with Crippen molar-refractivity contribution >= 4 is 5.96 Å². The van der Waals surface area contributed by atoms with Crippen molar-refractivity contribution in [3.63, 3.8) is 0 Å². The maximum atomic E-state index is 5.25. The minimum absolute atomic E-state index is 0.505. The number of guanidine groups is 1. The van der Waals surface area contributed by atoms with E-state index in [9.17, 15) is 0 Å². The van der Waals surface area contributed by atoms with Crippen molar-refractivity contribution in [3.8, 4) is 12.3 Å². The van der Waals surface area contributed by atoms with E-state index in [1.165, 1.54) is 0 Å². The zero-order chi connectivity index (χ0) is 12.1. The van der Waals surface area contributed by atoms with Crippen LogP contribution in [-0.4, -0.2) is 38.8 Å². The lowest BCUT2D eigenvalue weighted by molar-refractivity contribution is 0.144. The van der Waals surface area contributed by atoms with Gasteiger partial charge in [-0.05, 0) is 26.7 Å². The van der Waals surface area contributed by atoms with Crippen molar-refractivity contribution in [1.29, 1.82) is 0 Å². The van der Waals surface area contributed by atoms with Gasteiger partial charge in [-0.2, -0.15) is 0 Å². The molecule has 0 atom stereocenters. The largest absolute Gasteiger partial charge is 0.382 e. The van der Waals surface area contributed by atoms with Gasteiger partial charge in [0.05, 0.1) is 6.54 Å². The van der Waals surface area contributed by atoms with Gasteiger partial charge in [-0.25, -0.2) is 0 Å². The molecule has 2 N–H and O–H groups in total. The first-order valence-corrected chi connectivity index (χ1v) is 5.88. The topological polar surface area (TPSA) is 45.7 Å². The van der Waals surface area contributed by atoms with Crippen LogP contribution in [0.1, 0.15) is 26.7 Å². The number of aliphatic imine (C=N–C) groups is 1. The molecule has 0 heterocycles. The summed E-state index contributed by atoms with van der Waals surface area (Å²) < 4.78 is 5.25. The number of terminal acetylenes is 1. The Morgan fingerprint density at radius 1 is 1.31 bits per heavy atom. The van der Waals surface area contributed by atoms with Gasteiger partial charge in [0.15, 0.2) is 5.96 Å². The summed E-state index contributed by atoms with van der Waals surface area (Å²) in [5.74, 6) is 3.31. The summed E-state index contributed by atoms with van der Waals surface area (Å²) in [6, 6.07) is 0. The van der Waals surface area contributed by atoms with Crippen LogP contribution in [0.5, 0.6) is 0 Å². The minimum atomic E-state index is 0.505. The first kappa shape index (κ1) is 14.8. The maximum Gasteiger partial charge on any atom is 0.192 e. The van der Waals surface area contributed by atoms with Gasteiger partial charge in [0.1, 0.15) is 0 Å². The van der Waals surface area contributed by atoms with Gasteiger partial charge in [-0.1, -0.05) is 5.92 Å². The molecule has 4 heteroatoms. The predicted octanol–water partition coefficient (Wildman–Crippen LogP) is 0.991. The third kappa shape index (κ3) is 9.35. The highest BCUT2D eigenvalue weighted by atomic mass is 16.5. The molecular formula is C12H23N3O. The highest BCUT2D eigenvalue weighted by Crippen LogP contribution is 1.90. The fourth-order valence-corrected chi connectivity index (χ4v) is 1.13. The number of hydrogen-bond donors (Lipinski definition) is 2. The average Bonchev–Trinajstić information content (AvgIpc) is 2.30. The molecule has 0 amide bonds. The molecule has 0 saturated heterocycles. The van der Waals surface area contributed by atoms with Crippen LogP contribution in [0.3, 0.4) is 0 Å². The molecule has 0 aliphatic carbocycles. The van der Waals surface area contributed by atoms with Crippen LogP contribution in [-0.2, 0) is 4.74 Å². The lowest BCUT2D eigenvalue weighted by atomic mass is 10.3.